The number of nitrogens with one attached hydrogen (secondary N) is 1. The lowest BCUT2D eigenvalue weighted by Crippen LogP contribution is -2.12. The van der Waals surface area contributed by atoms with Crippen molar-refractivity contribution in [1.29, 1.82) is 0 Å². The Bertz CT molecular complexity index is 804. The average molecular weight is 312 g/mol. The Morgan fingerprint density at radius 3 is 3.14 bits per heavy atom. The second-order valence-electron chi connectivity index (χ2n) is 5.01. The van der Waals surface area contributed by atoms with E-state index in [4.69, 9.17) is 4.52 Å². The lowest BCUT2D eigenvalue weighted by atomic mass is 10.2. The van der Waals surface area contributed by atoms with Gasteiger partial charge in [0.2, 0.25) is 0 Å². The van der Waals surface area contributed by atoms with E-state index < -0.39 is 0 Å². The first-order valence-corrected chi connectivity index (χ1v) is 7.78. The number of aryl methyl sites for hydroxylation is 2. The Balaban J connectivity index is 1.52. The molecule has 4 rings (SSSR count). The van der Waals surface area contributed by atoms with Gasteiger partial charge in [0, 0.05) is 28.9 Å². The number of carbonyl (C=O) groups is 1. The molecule has 1 aliphatic rings. The topological polar surface area (TPSA) is 80.9 Å². The predicted octanol–water partition coefficient (Wildman–Crippen LogP) is 2.93. The van der Waals surface area contributed by atoms with Gasteiger partial charge in [-0.2, -0.15) is 0 Å². The molecule has 1 aliphatic carbocycles. The van der Waals surface area contributed by atoms with Crippen molar-refractivity contribution in [3.8, 4) is 11.3 Å². The summed E-state index contributed by atoms with van der Waals surface area (Å²) in [5, 5.41) is 7.22. The van der Waals surface area contributed by atoms with Gasteiger partial charge in [0.05, 0.1) is 5.69 Å². The number of anilines is 1. The molecule has 0 aliphatic heterocycles. The molecule has 0 spiro atoms. The van der Waals surface area contributed by atoms with Crippen LogP contribution in [0.1, 0.15) is 27.5 Å². The molecule has 1 amide bonds. The molecule has 3 heterocycles. The van der Waals surface area contributed by atoms with Crippen molar-refractivity contribution >= 4 is 22.4 Å². The van der Waals surface area contributed by atoms with E-state index in [1.165, 1.54) is 16.2 Å². The SMILES string of the molecule is O=C(Nc1nc2c(s1)CCC2)c1cc(-c2cccnc2)on1. The number of amides is 1. The van der Waals surface area contributed by atoms with Gasteiger partial charge in [0.15, 0.2) is 16.6 Å². The predicted molar refractivity (Wildman–Crippen MR) is 81.8 cm³/mol. The highest BCUT2D eigenvalue weighted by Gasteiger charge is 2.19. The lowest BCUT2D eigenvalue weighted by molar-refractivity contribution is 0.101. The van der Waals surface area contributed by atoms with Crippen LogP contribution in [-0.4, -0.2) is 21.0 Å². The third-order valence-electron chi connectivity index (χ3n) is 3.50. The van der Waals surface area contributed by atoms with Crippen LogP contribution in [0.4, 0.5) is 5.13 Å². The van der Waals surface area contributed by atoms with Gasteiger partial charge in [0.25, 0.3) is 5.91 Å². The minimum atomic E-state index is -0.314. The highest BCUT2D eigenvalue weighted by atomic mass is 32.1. The summed E-state index contributed by atoms with van der Waals surface area (Å²) in [7, 11) is 0. The number of rotatable bonds is 3. The summed E-state index contributed by atoms with van der Waals surface area (Å²) in [6, 6.07) is 5.25. The van der Waals surface area contributed by atoms with Crippen molar-refractivity contribution in [2.75, 3.05) is 5.32 Å². The van der Waals surface area contributed by atoms with Crippen molar-refractivity contribution in [3.63, 3.8) is 0 Å². The Labute approximate surface area is 130 Å². The minimum Gasteiger partial charge on any atom is -0.355 e. The van der Waals surface area contributed by atoms with E-state index in [9.17, 15) is 4.79 Å². The minimum absolute atomic E-state index is 0.231. The molecule has 1 N–H and O–H groups in total. The number of pyridine rings is 1. The van der Waals surface area contributed by atoms with Gasteiger partial charge >= 0.3 is 0 Å². The normalized spacial score (nSPS) is 13.1. The summed E-state index contributed by atoms with van der Waals surface area (Å²) in [5.74, 6) is 0.200. The summed E-state index contributed by atoms with van der Waals surface area (Å²) in [6.45, 7) is 0. The second-order valence-corrected chi connectivity index (χ2v) is 6.10. The van der Waals surface area contributed by atoms with Crippen molar-refractivity contribution in [2.45, 2.75) is 19.3 Å². The van der Waals surface area contributed by atoms with Crippen LogP contribution >= 0.6 is 11.3 Å². The van der Waals surface area contributed by atoms with Gasteiger partial charge in [-0.1, -0.05) is 5.16 Å². The second kappa shape index (κ2) is 5.34. The van der Waals surface area contributed by atoms with Crippen LogP contribution in [0.2, 0.25) is 0 Å². The third-order valence-corrected chi connectivity index (χ3v) is 4.58. The maximum Gasteiger partial charge on any atom is 0.279 e. The zero-order chi connectivity index (χ0) is 14.9. The number of carbonyl (C=O) groups excluding carboxylic acids is 1. The van der Waals surface area contributed by atoms with Crippen LogP contribution in [0, 0.1) is 0 Å². The van der Waals surface area contributed by atoms with Gasteiger partial charge in [-0.25, -0.2) is 4.98 Å². The molecule has 0 aromatic carbocycles. The fourth-order valence-corrected chi connectivity index (χ4v) is 3.48. The number of aromatic nitrogens is 3. The summed E-state index contributed by atoms with van der Waals surface area (Å²) in [6.07, 6.45) is 6.54. The summed E-state index contributed by atoms with van der Waals surface area (Å²) in [4.78, 5) is 21.9. The zero-order valence-corrected chi connectivity index (χ0v) is 12.4. The molecule has 0 radical (unpaired) electrons. The first-order chi connectivity index (χ1) is 10.8. The van der Waals surface area contributed by atoms with Crippen molar-refractivity contribution < 1.29 is 9.32 Å². The van der Waals surface area contributed by atoms with Crippen LogP contribution in [-0.2, 0) is 12.8 Å². The Kier molecular flexibility index (Phi) is 3.19. The van der Waals surface area contributed by atoms with Gasteiger partial charge in [0.1, 0.15) is 0 Å². The van der Waals surface area contributed by atoms with Crippen molar-refractivity contribution in [3.05, 3.63) is 46.9 Å². The van der Waals surface area contributed by atoms with Crippen LogP contribution < -0.4 is 5.32 Å². The maximum atomic E-state index is 12.2. The van der Waals surface area contributed by atoms with E-state index >= 15 is 0 Å². The smallest absolute Gasteiger partial charge is 0.279 e. The molecule has 7 heteroatoms. The number of hydrogen-bond donors (Lipinski definition) is 1. The van der Waals surface area contributed by atoms with Crippen molar-refractivity contribution in [2.24, 2.45) is 0 Å². The quantitative estimate of drug-likeness (QED) is 0.804. The maximum absolute atomic E-state index is 12.2. The Morgan fingerprint density at radius 1 is 1.36 bits per heavy atom. The van der Waals surface area contributed by atoms with Crippen LogP contribution in [0.15, 0.2) is 35.1 Å². The molecule has 0 unspecified atom stereocenters. The van der Waals surface area contributed by atoms with Crippen molar-refractivity contribution in [1.82, 2.24) is 15.1 Å². The molecular formula is C15H12N4O2S. The van der Waals surface area contributed by atoms with E-state index in [2.05, 4.69) is 20.4 Å². The molecule has 22 heavy (non-hydrogen) atoms. The fraction of sp³-hybridized carbons (Fsp3) is 0.200. The van der Waals surface area contributed by atoms with E-state index in [1.807, 2.05) is 6.07 Å². The van der Waals surface area contributed by atoms with Gasteiger partial charge in [-0.05, 0) is 31.4 Å². The van der Waals surface area contributed by atoms with Crippen LogP contribution in [0.25, 0.3) is 11.3 Å². The monoisotopic (exact) mass is 312 g/mol. The molecule has 0 bridgehead atoms. The van der Waals surface area contributed by atoms with E-state index in [0.29, 0.717) is 10.9 Å². The molecule has 0 saturated heterocycles. The Hall–Kier alpha value is -2.54. The number of nitrogens with zero attached hydrogens (tertiary/aromatic N) is 3. The molecular weight excluding hydrogens is 300 g/mol. The van der Waals surface area contributed by atoms with Gasteiger partial charge < -0.3 is 4.52 Å². The fourth-order valence-electron chi connectivity index (χ4n) is 2.43. The van der Waals surface area contributed by atoms with E-state index in [1.54, 1.807) is 24.5 Å². The average Bonchev–Trinajstić information content (AvgIpc) is 3.23. The molecule has 3 aromatic heterocycles. The first-order valence-electron chi connectivity index (χ1n) is 6.96. The first kappa shape index (κ1) is 13.1. The van der Waals surface area contributed by atoms with E-state index in [-0.39, 0.29) is 11.6 Å². The van der Waals surface area contributed by atoms with Gasteiger partial charge in [-0.3, -0.25) is 15.1 Å². The summed E-state index contributed by atoms with van der Waals surface area (Å²) in [5.41, 5.74) is 2.12. The highest BCUT2D eigenvalue weighted by molar-refractivity contribution is 7.15. The summed E-state index contributed by atoms with van der Waals surface area (Å²) < 4.78 is 5.20. The van der Waals surface area contributed by atoms with E-state index in [0.717, 1.165) is 30.5 Å². The molecule has 3 aromatic rings. The zero-order valence-electron chi connectivity index (χ0n) is 11.6. The molecule has 0 atom stereocenters. The molecule has 6 nitrogen and oxygen atoms in total. The Morgan fingerprint density at radius 2 is 2.32 bits per heavy atom. The molecule has 110 valence electrons. The third kappa shape index (κ3) is 2.39. The standard InChI is InChI=1S/C15H12N4O2S/c20-14(18-15-17-10-4-1-5-13(10)22-15)11-7-12(21-19-11)9-3-2-6-16-8-9/h2-3,6-8H,1,4-5H2,(H,17,18,20). The number of fused-ring (bicyclic) bond motifs is 1. The van der Waals surface area contributed by atoms with Gasteiger partial charge in [-0.15, -0.1) is 11.3 Å². The summed E-state index contributed by atoms with van der Waals surface area (Å²) >= 11 is 1.54. The van der Waals surface area contributed by atoms with Crippen LogP contribution in [0.5, 0.6) is 0 Å². The number of hydrogen-bond acceptors (Lipinski definition) is 6. The lowest BCUT2D eigenvalue weighted by Gasteiger charge is -1.96. The van der Waals surface area contributed by atoms with Crippen LogP contribution in [0.3, 0.4) is 0 Å². The number of thiazole rings is 1. The largest absolute Gasteiger partial charge is 0.355 e. The molecule has 0 fully saturated rings. The highest BCUT2D eigenvalue weighted by Crippen LogP contribution is 2.30. The molecule has 0 saturated carbocycles.